The summed E-state index contributed by atoms with van der Waals surface area (Å²) >= 11 is 3.55. The molecule has 2 unspecified atom stereocenters. The average Bonchev–Trinajstić information content (AvgIpc) is 2.39. The number of benzene rings is 1. The van der Waals surface area contributed by atoms with Gasteiger partial charge in [0, 0.05) is 22.6 Å². The maximum absolute atomic E-state index is 5.47. The average molecular weight is 326 g/mol. The first-order valence-electron chi connectivity index (χ1n) is 7.14. The molecule has 0 heterocycles. The van der Waals surface area contributed by atoms with Gasteiger partial charge in [-0.15, -0.1) is 0 Å². The molecule has 1 saturated carbocycles. The molecule has 1 fully saturated rings. The van der Waals surface area contributed by atoms with Crippen LogP contribution in [0.2, 0.25) is 0 Å². The van der Waals surface area contributed by atoms with E-state index in [1.54, 1.807) is 7.11 Å². The number of methoxy groups -OCH3 is 1. The van der Waals surface area contributed by atoms with Crippen molar-refractivity contribution in [1.82, 2.24) is 4.90 Å². The second-order valence-corrected chi connectivity index (χ2v) is 6.62. The third-order valence-electron chi connectivity index (χ3n) is 4.29. The molecule has 1 aliphatic carbocycles. The predicted molar refractivity (Wildman–Crippen MR) is 83.6 cm³/mol. The normalized spacial score (nSPS) is 23.6. The van der Waals surface area contributed by atoms with Gasteiger partial charge in [0.05, 0.1) is 7.11 Å². The second kappa shape index (κ2) is 6.76. The Balaban J connectivity index is 2.09. The highest BCUT2D eigenvalue weighted by Gasteiger charge is 2.25. The number of ether oxygens (including phenoxy) is 1. The topological polar surface area (TPSA) is 12.5 Å². The molecule has 0 N–H and O–H groups in total. The van der Waals surface area contributed by atoms with Gasteiger partial charge in [-0.05, 0) is 44.0 Å². The first-order chi connectivity index (χ1) is 9.11. The Morgan fingerprint density at radius 1 is 1.32 bits per heavy atom. The lowest BCUT2D eigenvalue weighted by Gasteiger charge is -2.36. The van der Waals surface area contributed by atoms with E-state index in [2.05, 4.69) is 40.9 Å². The van der Waals surface area contributed by atoms with E-state index in [-0.39, 0.29) is 0 Å². The fourth-order valence-electron chi connectivity index (χ4n) is 3.21. The van der Waals surface area contributed by atoms with Crippen LogP contribution in [0.15, 0.2) is 22.7 Å². The number of halogens is 1. The Hall–Kier alpha value is -0.540. The summed E-state index contributed by atoms with van der Waals surface area (Å²) < 4.78 is 6.59. The summed E-state index contributed by atoms with van der Waals surface area (Å²) in [5.74, 6) is 1.79. The summed E-state index contributed by atoms with van der Waals surface area (Å²) in [6.07, 6.45) is 5.46. The van der Waals surface area contributed by atoms with Crippen LogP contribution >= 0.6 is 15.9 Å². The van der Waals surface area contributed by atoms with Gasteiger partial charge in [0.1, 0.15) is 5.75 Å². The molecule has 2 nitrogen and oxygen atoms in total. The fraction of sp³-hybridized carbons (Fsp3) is 0.625. The van der Waals surface area contributed by atoms with Gasteiger partial charge in [0.2, 0.25) is 0 Å². The fourth-order valence-corrected chi connectivity index (χ4v) is 3.62. The molecule has 19 heavy (non-hydrogen) atoms. The van der Waals surface area contributed by atoms with Gasteiger partial charge in [-0.25, -0.2) is 0 Å². The lowest BCUT2D eigenvalue weighted by molar-refractivity contribution is 0.132. The molecule has 0 bridgehead atoms. The zero-order valence-electron chi connectivity index (χ0n) is 12.2. The minimum Gasteiger partial charge on any atom is -0.496 e. The highest BCUT2D eigenvalue weighted by Crippen LogP contribution is 2.30. The molecule has 1 aliphatic rings. The van der Waals surface area contributed by atoms with Gasteiger partial charge >= 0.3 is 0 Å². The van der Waals surface area contributed by atoms with Crippen molar-refractivity contribution < 1.29 is 4.74 Å². The van der Waals surface area contributed by atoms with E-state index < -0.39 is 0 Å². The summed E-state index contributed by atoms with van der Waals surface area (Å²) in [6.45, 7) is 3.34. The Morgan fingerprint density at radius 2 is 2.05 bits per heavy atom. The third kappa shape index (κ3) is 3.73. The Bertz CT molecular complexity index is 421. The first-order valence-corrected chi connectivity index (χ1v) is 7.93. The van der Waals surface area contributed by atoms with Crippen LogP contribution in [-0.2, 0) is 6.54 Å². The summed E-state index contributed by atoms with van der Waals surface area (Å²) in [5, 5.41) is 0. The van der Waals surface area contributed by atoms with Gasteiger partial charge in [-0.1, -0.05) is 35.7 Å². The van der Waals surface area contributed by atoms with E-state index in [9.17, 15) is 0 Å². The maximum atomic E-state index is 5.47. The van der Waals surface area contributed by atoms with Crippen LogP contribution in [0.4, 0.5) is 0 Å². The van der Waals surface area contributed by atoms with Crippen LogP contribution in [0, 0.1) is 5.92 Å². The number of rotatable bonds is 4. The first kappa shape index (κ1) is 14.9. The van der Waals surface area contributed by atoms with Crippen molar-refractivity contribution >= 4 is 15.9 Å². The Kier molecular flexibility index (Phi) is 5.28. The molecule has 0 spiro atoms. The van der Waals surface area contributed by atoms with Crippen molar-refractivity contribution in [2.75, 3.05) is 14.2 Å². The van der Waals surface area contributed by atoms with Gasteiger partial charge in [-0.2, -0.15) is 0 Å². The standard InChI is InChI=1S/C16H24BrNO/c1-12-6-4-5-7-15(12)18(2)11-13-10-14(17)8-9-16(13)19-3/h8-10,12,15H,4-7,11H2,1-3H3. The third-order valence-corrected chi connectivity index (χ3v) is 4.79. The van der Waals surface area contributed by atoms with Crippen LogP contribution < -0.4 is 4.74 Å². The van der Waals surface area contributed by atoms with Crippen LogP contribution in [-0.4, -0.2) is 25.1 Å². The van der Waals surface area contributed by atoms with Crippen LogP contribution in [0.1, 0.15) is 38.2 Å². The van der Waals surface area contributed by atoms with Crippen molar-refractivity contribution in [1.29, 1.82) is 0 Å². The molecule has 0 radical (unpaired) electrons. The molecule has 1 aromatic rings. The SMILES string of the molecule is COc1ccc(Br)cc1CN(C)C1CCCCC1C. The second-order valence-electron chi connectivity index (χ2n) is 5.70. The van der Waals surface area contributed by atoms with Gasteiger partial charge in [0.15, 0.2) is 0 Å². The molecule has 106 valence electrons. The molecule has 3 heteroatoms. The number of nitrogens with zero attached hydrogens (tertiary/aromatic N) is 1. The largest absolute Gasteiger partial charge is 0.496 e. The molecule has 2 rings (SSSR count). The minimum absolute atomic E-state index is 0.706. The van der Waals surface area contributed by atoms with Crippen molar-refractivity contribution in [2.45, 2.75) is 45.2 Å². The van der Waals surface area contributed by atoms with Crippen molar-refractivity contribution in [3.63, 3.8) is 0 Å². The van der Waals surface area contributed by atoms with Crippen molar-refractivity contribution in [3.8, 4) is 5.75 Å². The highest BCUT2D eigenvalue weighted by atomic mass is 79.9. The zero-order valence-corrected chi connectivity index (χ0v) is 13.7. The predicted octanol–water partition coefficient (Wildman–Crippen LogP) is 4.47. The van der Waals surface area contributed by atoms with E-state index >= 15 is 0 Å². The number of hydrogen-bond acceptors (Lipinski definition) is 2. The highest BCUT2D eigenvalue weighted by molar-refractivity contribution is 9.10. The van der Waals surface area contributed by atoms with E-state index in [4.69, 9.17) is 4.74 Å². The summed E-state index contributed by atoms with van der Waals surface area (Å²) in [4.78, 5) is 2.49. The van der Waals surface area contributed by atoms with Gasteiger partial charge < -0.3 is 4.74 Å². The summed E-state index contributed by atoms with van der Waals surface area (Å²) in [7, 11) is 3.99. The van der Waals surface area contributed by atoms with E-state index in [1.165, 1.54) is 31.2 Å². The lowest BCUT2D eigenvalue weighted by atomic mass is 9.85. The van der Waals surface area contributed by atoms with E-state index in [0.717, 1.165) is 22.7 Å². The van der Waals surface area contributed by atoms with Crippen LogP contribution in [0.5, 0.6) is 5.75 Å². The molecular weight excluding hydrogens is 302 g/mol. The monoisotopic (exact) mass is 325 g/mol. The number of hydrogen-bond donors (Lipinski definition) is 0. The van der Waals surface area contributed by atoms with Gasteiger partial charge in [0.25, 0.3) is 0 Å². The molecular formula is C16H24BrNO. The maximum Gasteiger partial charge on any atom is 0.123 e. The smallest absolute Gasteiger partial charge is 0.123 e. The zero-order chi connectivity index (χ0) is 13.8. The molecule has 0 amide bonds. The van der Waals surface area contributed by atoms with Gasteiger partial charge in [-0.3, -0.25) is 4.90 Å². The summed E-state index contributed by atoms with van der Waals surface area (Å²) in [5.41, 5.74) is 1.26. The molecule has 0 aliphatic heterocycles. The Labute approximate surface area is 125 Å². The minimum atomic E-state index is 0.706. The van der Waals surface area contributed by atoms with E-state index in [0.29, 0.717) is 6.04 Å². The van der Waals surface area contributed by atoms with Crippen LogP contribution in [0.3, 0.4) is 0 Å². The quantitative estimate of drug-likeness (QED) is 0.809. The lowest BCUT2D eigenvalue weighted by Crippen LogP contribution is -2.38. The molecule has 1 aromatic carbocycles. The Morgan fingerprint density at radius 3 is 2.74 bits per heavy atom. The molecule has 2 atom stereocenters. The van der Waals surface area contributed by atoms with Crippen molar-refractivity contribution in [3.05, 3.63) is 28.2 Å². The summed E-state index contributed by atoms with van der Waals surface area (Å²) in [6, 6.07) is 6.95. The van der Waals surface area contributed by atoms with Crippen LogP contribution in [0.25, 0.3) is 0 Å². The van der Waals surface area contributed by atoms with E-state index in [1.807, 2.05) is 12.1 Å². The van der Waals surface area contributed by atoms with Crippen molar-refractivity contribution in [2.24, 2.45) is 5.92 Å². The molecule has 0 aromatic heterocycles. The molecule has 0 saturated heterocycles.